The number of amides is 2. The molecule has 0 spiro atoms. The van der Waals surface area contributed by atoms with Crippen molar-refractivity contribution in [3.63, 3.8) is 0 Å². The number of aliphatic hydroxyl groups is 1. The highest BCUT2D eigenvalue weighted by atomic mass is 16.5. The Balaban J connectivity index is 1.36. The van der Waals surface area contributed by atoms with Gasteiger partial charge in [-0.3, -0.25) is 4.90 Å². The van der Waals surface area contributed by atoms with Gasteiger partial charge in [0, 0.05) is 60.5 Å². The van der Waals surface area contributed by atoms with Crippen molar-refractivity contribution in [2.45, 2.75) is 30.5 Å². The summed E-state index contributed by atoms with van der Waals surface area (Å²) in [5.41, 5.74) is 3.84. The van der Waals surface area contributed by atoms with E-state index in [1.165, 1.54) is 5.56 Å². The summed E-state index contributed by atoms with van der Waals surface area (Å²) in [4.78, 5) is 20.0. The van der Waals surface area contributed by atoms with Crippen LogP contribution in [0, 0.1) is 11.8 Å². The smallest absolute Gasteiger partial charge is 0.321 e. The number of hydrogen-bond acceptors (Lipinski definition) is 5. The van der Waals surface area contributed by atoms with Crippen LogP contribution in [0.1, 0.15) is 29.0 Å². The maximum Gasteiger partial charge on any atom is 0.321 e. The van der Waals surface area contributed by atoms with Gasteiger partial charge < -0.3 is 25.0 Å². The van der Waals surface area contributed by atoms with Crippen LogP contribution in [0.2, 0.25) is 0 Å². The van der Waals surface area contributed by atoms with Crippen molar-refractivity contribution in [1.82, 2.24) is 14.7 Å². The van der Waals surface area contributed by atoms with Gasteiger partial charge in [0.15, 0.2) is 0 Å². The quantitative estimate of drug-likeness (QED) is 0.479. The van der Waals surface area contributed by atoms with Gasteiger partial charge in [-0.25, -0.2) is 4.79 Å². The van der Waals surface area contributed by atoms with Crippen LogP contribution in [0.15, 0.2) is 78.9 Å². The minimum atomic E-state index is -0.109. The van der Waals surface area contributed by atoms with E-state index in [4.69, 9.17) is 4.74 Å². The van der Waals surface area contributed by atoms with Crippen molar-refractivity contribution in [2.24, 2.45) is 0 Å². The molecule has 3 aromatic rings. The highest BCUT2D eigenvalue weighted by Gasteiger charge is 2.50. The molecule has 208 valence electrons. The van der Waals surface area contributed by atoms with Gasteiger partial charge in [-0.2, -0.15) is 0 Å². The fourth-order valence-corrected chi connectivity index (χ4v) is 5.86. The number of carbonyl (C=O) groups is 1. The lowest BCUT2D eigenvalue weighted by Crippen LogP contribution is -2.70. The van der Waals surface area contributed by atoms with Crippen molar-refractivity contribution < 1.29 is 14.6 Å². The zero-order chi connectivity index (χ0) is 28.1. The summed E-state index contributed by atoms with van der Waals surface area (Å²) >= 11 is 0. The topological polar surface area (TPSA) is 68.3 Å². The summed E-state index contributed by atoms with van der Waals surface area (Å²) in [6, 6.07) is 26.0. The Hall–Kier alpha value is -3.83. The molecule has 0 unspecified atom stereocenters. The normalized spacial score (nSPS) is 22.7. The van der Waals surface area contributed by atoms with Crippen LogP contribution in [0.5, 0.6) is 5.75 Å². The molecule has 7 nitrogen and oxygen atoms in total. The second kappa shape index (κ2) is 12.6. The van der Waals surface area contributed by atoms with E-state index in [-0.39, 0.29) is 36.7 Å². The van der Waals surface area contributed by atoms with Crippen LogP contribution in [-0.2, 0) is 0 Å². The predicted molar refractivity (Wildman–Crippen MR) is 159 cm³/mol. The fraction of sp³-hybridized carbons (Fsp3) is 0.364. The molecule has 7 heteroatoms. The molecule has 2 N–H and O–H groups in total. The zero-order valence-electron chi connectivity index (χ0n) is 23.5. The highest BCUT2D eigenvalue weighted by Crippen LogP contribution is 2.42. The Labute approximate surface area is 237 Å². The van der Waals surface area contributed by atoms with Gasteiger partial charge in [0.05, 0.1) is 13.7 Å². The second-order valence-electron chi connectivity index (χ2n) is 10.8. The van der Waals surface area contributed by atoms with E-state index >= 15 is 0 Å². The van der Waals surface area contributed by atoms with Crippen molar-refractivity contribution >= 4 is 11.7 Å². The molecule has 40 heavy (non-hydrogen) atoms. The minimum absolute atomic E-state index is 0.0123. The molecule has 4 atom stereocenters. The number of ether oxygens (including phenoxy) is 1. The fourth-order valence-electron chi connectivity index (χ4n) is 5.86. The monoisotopic (exact) mass is 538 g/mol. The van der Waals surface area contributed by atoms with Crippen LogP contribution >= 0.6 is 0 Å². The number of aliphatic hydroxyl groups excluding tert-OH is 1. The van der Waals surface area contributed by atoms with Crippen LogP contribution in [-0.4, -0.2) is 91.4 Å². The number of nitrogens with zero attached hydrogens (tertiary/aromatic N) is 3. The maximum atomic E-state index is 13.5. The number of urea groups is 1. The van der Waals surface area contributed by atoms with Gasteiger partial charge in [0.2, 0.25) is 0 Å². The number of rotatable bonds is 5. The zero-order valence-corrected chi connectivity index (χ0v) is 23.5. The number of likely N-dealkylation sites (N-methyl/N-ethyl adjacent to an activating group) is 1. The van der Waals surface area contributed by atoms with Gasteiger partial charge in [0.25, 0.3) is 0 Å². The SMILES string of the molecule is COc1ccc(NC(=O)N2CC[C@H](N(C)C)CN3[C@H](CO)[C@H](c4ccc(C#Cc5ccccc5)cc4)[C@@H]3C2)cc1. The first-order valence-corrected chi connectivity index (χ1v) is 13.9. The largest absolute Gasteiger partial charge is 0.497 e. The molecular formula is C33H38N4O3. The molecule has 2 aliphatic rings. The molecular weight excluding hydrogens is 500 g/mol. The Kier molecular flexibility index (Phi) is 8.71. The van der Waals surface area contributed by atoms with Crippen molar-refractivity contribution in [2.75, 3.05) is 52.8 Å². The summed E-state index contributed by atoms with van der Waals surface area (Å²) in [7, 11) is 5.80. The molecule has 0 aliphatic carbocycles. The summed E-state index contributed by atoms with van der Waals surface area (Å²) in [6.45, 7) is 2.21. The van der Waals surface area contributed by atoms with E-state index in [2.05, 4.69) is 65.3 Å². The summed E-state index contributed by atoms with van der Waals surface area (Å²) in [5, 5.41) is 13.5. The molecule has 3 aromatic carbocycles. The first-order chi connectivity index (χ1) is 19.5. The average Bonchev–Trinajstić information content (AvgIpc) is 2.96. The third kappa shape index (κ3) is 6.15. The lowest BCUT2D eigenvalue weighted by Gasteiger charge is -2.58. The summed E-state index contributed by atoms with van der Waals surface area (Å²) in [5.74, 6) is 7.34. The van der Waals surface area contributed by atoms with Crippen LogP contribution in [0.4, 0.5) is 10.5 Å². The van der Waals surface area contributed by atoms with Gasteiger partial charge in [-0.15, -0.1) is 0 Å². The standard InChI is InChI=1S/C33H38N4O3/c1-35(2)28-19-20-36(33(39)34-27-15-17-29(40-3)18-16-27)22-30-32(31(23-38)37(30)21-28)26-13-11-25(12-14-26)10-9-24-7-5-4-6-8-24/h4-8,11-18,28,30-32,38H,19-23H2,1-3H3,(H,34,39)/t28-,30-,31+,32+/m0/s1. The molecule has 2 fully saturated rings. The molecule has 2 amide bonds. The molecule has 0 saturated carbocycles. The number of carbonyl (C=O) groups excluding carboxylic acids is 1. The van der Waals surface area contributed by atoms with Gasteiger partial charge in [-0.05, 0) is 74.6 Å². The van der Waals surface area contributed by atoms with E-state index in [0.717, 1.165) is 35.5 Å². The molecule has 0 aromatic heterocycles. The van der Waals surface area contributed by atoms with E-state index in [9.17, 15) is 9.90 Å². The molecule has 0 radical (unpaired) electrons. The highest BCUT2D eigenvalue weighted by molar-refractivity contribution is 5.89. The number of hydrogen-bond donors (Lipinski definition) is 2. The van der Waals surface area contributed by atoms with Crippen molar-refractivity contribution in [3.8, 4) is 17.6 Å². The van der Waals surface area contributed by atoms with Crippen molar-refractivity contribution in [1.29, 1.82) is 0 Å². The lowest BCUT2D eigenvalue weighted by atomic mass is 9.74. The number of fused-ring (bicyclic) bond motifs is 1. The Morgan fingerprint density at radius 3 is 2.27 bits per heavy atom. The molecule has 0 bridgehead atoms. The van der Waals surface area contributed by atoms with Gasteiger partial charge >= 0.3 is 6.03 Å². The summed E-state index contributed by atoms with van der Waals surface area (Å²) in [6.07, 6.45) is 0.865. The van der Waals surface area contributed by atoms with Gasteiger partial charge in [-0.1, -0.05) is 42.2 Å². The van der Waals surface area contributed by atoms with Crippen LogP contribution in [0.3, 0.4) is 0 Å². The first-order valence-electron chi connectivity index (χ1n) is 13.9. The Bertz CT molecular complexity index is 1330. The lowest BCUT2D eigenvalue weighted by molar-refractivity contribution is -0.0723. The van der Waals surface area contributed by atoms with E-state index in [0.29, 0.717) is 13.1 Å². The molecule has 2 heterocycles. The second-order valence-corrected chi connectivity index (χ2v) is 10.8. The average molecular weight is 539 g/mol. The number of benzene rings is 3. The van der Waals surface area contributed by atoms with Crippen LogP contribution < -0.4 is 10.1 Å². The third-order valence-electron chi connectivity index (χ3n) is 8.21. The maximum absolute atomic E-state index is 13.5. The number of nitrogens with one attached hydrogen (secondary N) is 1. The minimum Gasteiger partial charge on any atom is -0.497 e. The van der Waals surface area contributed by atoms with Crippen molar-refractivity contribution in [3.05, 3.63) is 95.6 Å². The van der Waals surface area contributed by atoms with E-state index in [1.54, 1.807) is 7.11 Å². The number of methoxy groups -OCH3 is 1. The van der Waals surface area contributed by atoms with Crippen LogP contribution in [0.25, 0.3) is 0 Å². The number of anilines is 1. The Morgan fingerprint density at radius 2 is 1.65 bits per heavy atom. The van der Waals surface area contributed by atoms with Gasteiger partial charge in [0.1, 0.15) is 5.75 Å². The van der Waals surface area contributed by atoms with E-state index in [1.807, 2.05) is 59.5 Å². The molecule has 2 saturated heterocycles. The third-order valence-corrected chi connectivity index (χ3v) is 8.21. The first kappa shape index (κ1) is 27.7. The molecule has 5 rings (SSSR count). The molecule has 2 aliphatic heterocycles. The van der Waals surface area contributed by atoms with E-state index < -0.39 is 0 Å². The predicted octanol–water partition coefficient (Wildman–Crippen LogP) is 4.09. The Morgan fingerprint density at radius 1 is 0.975 bits per heavy atom. The summed E-state index contributed by atoms with van der Waals surface area (Å²) < 4.78 is 5.24.